The molecule has 0 amide bonds. The van der Waals surface area contributed by atoms with E-state index in [1.165, 1.54) is 19.3 Å². The Morgan fingerprint density at radius 2 is 2.07 bits per heavy atom. The smallest absolute Gasteiger partial charge is 0.423 e. The normalized spacial score (nSPS) is 16.5. The van der Waals surface area contributed by atoms with E-state index in [0.717, 1.165) is 11.4 Å². The minimum atomic E-state index is -1.40. The molecule has 1 aliphatic rings. The molecule has 0 radical (unpaired) electrons. The first-order valence-corrected chi connectivity index (χ1v) is 5.02. The Balaban J connectivity index is 2.25. The maximum absolute atomic E-state index is 9.02. The molecule has 1 saturated carbocycles. The molecule has 1 heterocycles. The van der Waals surface area contributed by atoms with Crippen LogP contribution in [0, 0.1) is 6.92 Å². The summed E-state index contributed by atoms with van der Waals surface area (Å²) in [7, 11) is -1.40. The van der Waals surface area contributed by atoms with Crippen molar-refractivity contribution in [3.8, 4) is 0 Å². The average molecular weight is 191 g/mol. The molecule has 3 nitrogen and oxygen atoms in total. The van der Waals surface area contributed by atoms with Gasteiger partial charge in [0, 0.05) is 22.8 Å². The van der Waals surface area contributed by atoms with E-state index in [1.54, 1.807) is 6.07 Å². The molecule has 14 heavy (non-hydrogen) atoms. The minimum Gasteiger partial charge on any atom is -0.423 e. The first-order valence-electron chi connectivity index (χ1n) is 5.02. The fraction of sp³-hybridized carbons (Fsp3) is 0.500. The SMILES string of the molecule is Cc1nc(C2CCC2)ccc1B(O)O. The number of rotatable bonds is 2. The molecule has 4 heteroatoms. The van der Waals surface area contributed by atoms with Crippen molar-refractivity contribution in [2.75, 3.05) is 0 Å². The molecule has 0 aromatic carbocycles. The lowest BCUT2D eigenvalue weighted by molar-refractivity contribution is 0.410. The van der Waals surface area contributed by atoms with Crippen molar-refractivity contribution in [2.24, 2.45) is 0 Å². The number of pyridine rings is 1. The highest BCUT2D eigenvalue weighted by Gasteiger charge is 2.22. The predicted molar refractivity (Wildman–Crippen MR) is 55.4 cm³/mol. The summed E-state index contributed by atoms with van der Waals surface area (Å²) >= 11 is 0. The summed E-state index contributed by atoms with van der Waals surface area (Å²) in [5.41, 5.74) is 2.33. The van der Waals surface area contributed by atoms with Gasteiger partial charge in [0.2, 0.25) is 0 Å². The molecule has 1 fully saturated rings. The molecule has 0 unspecified atom stereocenters. The van der Waals surface area contributed by atoms with Crippen molar-refractivity contribution in [3.05, 3.63) is 23.5 Å². The van der Waals surface area contributed by atoms with Gasteiger partial charge in [0.15, 0.2) is 0 Å². The number of nitrogens with zero attached hydrogens (tertiary/aromatic N) is 1. The summed E-state index contributed by atoms with van der Waals surface area (Å²) in [6.45, 7) is 1.82. The van der Waals surface area contributed by atoms with Gasteiger partial charge in [0.25, 0.3) is 0 Å². The van der Waals surface area contributed by atoms with Gasteiger partial charge in [0.05, 0.1) is 0 Å². The van der Waals surface area contributed by atoms with Crippen LogP contribution in [-0.4, -0.2) is 22.2 Å². The summed E-state index contributed by atoms with van der Waals surface area (Å²) in [4.78, 5) is 4.40. The molecule has 2 rings (SSSR count). The van der Waals surface area contributed by atoms with E-state index in [2.05, 4.69) is 4.98 Å². The number of hydrogen-bond donors (Lipinski definition) is 2. The topological polar surface area (TPSA) is 53.4 Å². The first-order chi connectivity index (χ1) is 6.68. The summed E-state index contributed by atoms with van der Waals surface area (Å²) in [5.74, 6) is 0.596. The Labute approximate surface area is 84.0 Å². The van der Waals surface area contributed by atoms with E-state index in [9.17, 15) is 0 Å². The summed E-state index contributed by atoms with van der Waals surface area (Å²) in [6.07, 6.45) is 3.72. The zero-order valence-corrected chi connectivity index (χ0v) is 8.27. The van der Waals surface area contributed by atoms with Gasteiger partial charge in [-0.2, -0.15) is 0 Å². The Morgan fingerprint density at radius 3 is 2.50 bits per heavy atom. The molecule has 0 saturated heterocycles. The maximum atomic E-state index is 9.02. The van der Waals surface area contributed by atoms with Crippen LogP contribution < -0.4 is 5.46 Å². The van der Waals surface area contributed by atoms with Crippen molar-refractivity contribution >= 4 is 12.6 Å². The lowest BCUT2D eigenvalue weighted by atomic mass is 9.77. The summed E-state index contributed by atoms with van der Waals surface area (Å²) in [6, 6.07) is 3.67. The molecule has 2 N–H and O–H groups in total. The fourth-order valence-electron chi connectivity index (χ4n) is 1.80. The molecular formula is C10H14BNO2. The molecular weight excluding hydrogens is 177 g/mol. The van der Waals surface area contributed by atoms with E-state index in [-0.39, 0.29) is 0 Å². The zero-order valence-electron chi connectivity index (χ0n) is 8.27. The number of aryl methyl sites for hydroxylation is 1. The van der Waals surface area contributed by atoms with Gasteiger partial charge in [-0.25, -0.2) is 0 Å². The second-order valence-corrected chi connectivity index (χ2v) is 3.91. The van der Waals surface area contributed by atoms with Gasteiger partial charge in [-0.05, 0) is 25.8 Å². The number of hydrogen-bond acceptors (Lipinski definition) is 3. The van der Waals surface area contributed by atoms with E-state index in [4.69, 9.17) is 10.0 Å². The second-order valence-electron chi connectivity index (χ2n) is 3.91. The maximum Gasteiger partial charge on any atom is 0.490 e. The standard InChI is InChI=1S/C10H14BNO2/c1-7-9(11(13)14)5-6-10(12-7)8-3-2-4-8/h5-6,8,13-14H,2-4H2,1H3. The van der Waals surface area contributed by atoms with Crippen molar-refractivity contribution in [3.63, 3.8) is 0 Å². The van der Waals surface area contributed by atoms with Gasteiger partial charge in [-0.1, -0.05) is 12.5 Å². The molecule has 1 aromatic rings. The Kier molecular flexibility index (Phi) is 2.57. The zero-order chi connectivity index (χ0) is 10.1. The third kappa shape index (κ3) is 1.67. The molecule has 1 aromatic heterocycles. The average Bonchev–Trinajstić information content (AvgIpc) is 2.00. The van der Waals surface area contributed by atoms with Crippen molar-refractivity contribution in [1.29, 1.82) is 0 Å². The largest absolute Gasteiger partial charge is 0.490 e. The van der Waals surface area contributed by atoms with E-state index >= 15 is 0 Å². The second kappa shape index (κ2) is 3.71. The lowest BCUT2D eigenvalue weighted by Gasteiger charge is -2.25. The van der Waals surface area contributed by atoms with Gasteiger partial charge in [-0.15, -0.1) is 0 Å². The highest BCUT2D eigenvalue weighted by Crippen LogP contribution is 2.34. The van der Waals surface area contributed by atoms with Crippen molar-refractivity contribution in [1.82, 2.24) is 4.98 Å². The summed E-state index contributed by atoms with van der Waals surface area (Å²) < 4.78 is 0. The van der Waals surface area contributed by atoms with Crippen LogP contribution in [0.25, 0.3) is 0 Å². The van der Waals surface area contributed by atoms with Crippen molar-refractivity contribution in [2.45, 2.75) is 32.1 Å². The molecule has 0 aliphatic heterocycles. The molecule has 0 bridgehead atoms. The van der Waals surface area contributed by atoms with Crippen LogP contribution >= 0.6 is 0 Å². The Morgan fingerprint density at radius 1 is 1.36 bits per heavy atom. The van der Waals surface area contributed by atoms with E-state index in [0.29, 0.717) is 11.4 Å². The highest BCUT2D eigenvalue weighted by atomic mass is 16.4. The van der Waals surface area contributed by atoms with E-state index in [1.807, 2.05) is 13.0 Å². The molecule has 0 atom stereocenters. The monoisotopic (exact) mass is 191 g/mol. The first kappa shape index (κ1) is 9.68. The molecule has 1 aliphatic carbocycles. The highest BCUT2D eigenvalue weighted by molar-refractivity contribution is 6.59. The van der Waals surface area contributed by atoms with Gasteiger partial charge in [0.1, 0.15) is 0 Å². The van der Waals surface area contributed by atoms with Gasteiger partial charge >= 0.3 is 7.12 Å². The molecule has 74 valence electrons. The van der Waals surface area contributed by atoms with Crippen LogP contribution in [-0.2, 0) is 0 Å². The molecule has 0 spiro atoms. The van der Waals surface area contributed by atoms with E-state index < -0.39 is 7.12 Å². The van der Waals surface area contributed by atoms with Crippen LogP contribution in [0.5, 0.6) is 0 Å². The predicted octanol–water partition coefficient (Wildman–Crippen LogP) is 0.337. The third-order valence-corrected chi connectivity index (χ3v) is 2.95. The van der Waals surface area contributed by atoms with Crippen LogP contribution in [0.3, 0.4) is 0 Å². The Hall–Kier alpha value is -0.865. The number of aromatic nitrogens is 1. The third-order valence-electron chi connectivity index (χ3n) is 2.95. The van der Waals surface area contributed by atoms with Crippen LogP contribution in [0.2, 0.25) is 0 Å². The van der Waals surface area contributed by atoms with Gasteiger partial charge in [-0.3, -0.25) is 4.98 Å². The summed E-state index contributed by atoms with van der Waals surface area (Å²) in [5, 5.41) is 18.0. The van der Waals surface area contributed by atoms with Crippen LogP contribution in [0.1, 0.15) is 36.6 Å². The quantitative estimate of drug-likeness (QED) is 0.662. The Bertz CT molecular complexity index is 337. The van der Waals surface area contributed by atoms with Crippen LogP contribution in [0.4, 0.5) is 0 Å². The lowest BCUT2D eigenvalue weighted by Crippen LogP contribution is -2.33. The van der Waals surface area contributed by atoms with Crippen LogP contribution in [0.15, 0.2) is 12.1 Å². The van der Waals surface area contributed by atoms with Gasteiger partial charge < -0.3 is 10.0 Å². The fourth-order valence-corrected chi connectivity index (χ4v) is 1.80. The van der Waals surface area contributed by atoms with Crippen molar-refractivity contribution < 1.29 is 10.0 Å². The minimum absolute atomic E-state index is 0.507.